The van der Waals surface area contributed by atoms with Crippen molar-refractivity contribution in [3.05, 3.63) is 23.3 Å². The third-order valence-electron chi connectivity index (χ3n) is 2.31. The lowest BCUT2D eigenvalue weighted by atomic mass is 9.89. The Bertz CT molecular complexity index is 311. The molecule has 1 heterocycles. The summed E-state index contributed by atoms with van der Waals surface area (Å²) in [6, 6.07) is 0. The highest BCUT2D eigenvalue weighted by Crippen LogP contribution is 2.23. The molecule has 78 valence electrons. The van der Waals surface area contributed by atoms with Crippen molar-refractivity contribution in [2.75, 3.05) is 0 Å². The molecule has 0 fully saturated rings. The molecule has 0 amide bonds. The second kappa shape index (κ2) is 4.07. The molecule has 0 atom stereocenters. The van der Waals surface area contributed by atoms with Crippen LogP contribution in [-0.4, -0.2) is 9.97 Å². The maximum absolute atomic E-state index is 4.67. The molecule has 0 saturated carbocycles. The molecule has 0 unspecified atom stereocenters. The molecule has 1 aromatic heterocycles. The Morgan fingerprint density at radius 2 is 1.79 bits per heavy atom. The van der Waals surface area contributed by atoms with E-state index in [2.05, 4.69) is 44.6 Å². The number of hydrogen-bond donors (Lipinski definition) is 0. The molecule has 0 aromatic carbocycles. The number of nitrogens with zero attached hydrogens (tertiary/aromatic N) is 2. The van der Waals surface area contributed by atoms with Gasteiger partial charge in [0.05, 0.1) is 17.1 Å². The van der Waals surface area contributed by atoms with E-state index in [1.54, 1.807) is 0 Å². The van der Waals surface area contributed by atoms with Crippen LogP contribution < -0.4 is 0 Å². The molecule has 0 aliphatic rings. The van der Waals surface area contributed by atoms with E-state index in [4.69, 9.17) is 0 Å². The molecule has 1 rings (SSSR count). The minimum Gasteiger partial charge on any atom is -0.257 e. The number of hydrogen-bond acceptors (Lipinski definition) is 2. The zero-order chi connectivity index (χ0) is 10.8. The Hall–Kier alpha value is -0.920. The van der Waals surface area contributed by atoms with Gasteiger partial charge in [-0.3, -0.25) is 9.97 Å². The zero-order valence-electron chi connectivity index (χ0n) is 9.89. The Kier molecular flexibility index (Phi) is 3.25. The van der Waals surface area contributed by atoms with Crippen LogP contribution in [0.25, 0.3) is 0 Å². The van der Waals surface area contributed by atoms with Gasteiger partial charge in [0, 0.05) is 11.6 Å². The molecule has 0 spiro atoms. The van der Waals surface area contributed by atoms with Crippen molar-refractivity contribution in [3.8, 4) is 0 Å². The van der Waals surface area contributed by atoms with Crippen molar-refractivity contribution in [1.82, 2.24) is 9.97 Å². The summed E-state index contributed by atoms with van der Waals surface area (Å²) >= 11 is 0. The summed E-state index contributed by atoms with van der Waals surface area (Å²) in [5, 5.41) is 0. The van der Waals surface area contributed by atoms with Gasteiger partial charge in [-0.1, -0.05) is 34.6 Å². The fourth-order valence-electron chi connectivity index (χ4n) is 1.48. The number of aryl methyl sites for hydroxylation is 2. The monoisotopic (exact) mass is 192 g/mol. The largest absolute Gasteiger partial charge is 0.257 e. The maximum atomic E-state index is 4.67. The summed E-state index contributed by atoms with van der Waals surface area (Å²) < 4.78 is 0. The highest BCUT2D eigenvalue weighted by Gasteiger charge is 2.20. The van der Waals surface area contributed by atoms with Crippen molar-refractivity contribution in [2.24, 2.45) is 0 Å². The first-order valence-electron chi connectivity index (χ1n) is 5.34. The van der Waals surface area contributed by atoms with E-state index >= 15 is 0 Å². The smallest absolute Gasteiger partial charge is 0.0675 e. The average molecular weight is 192 g/mol. The zero-order valence-corrected chi connectivity index (χ0v) is 9.89. The molecule has 2 nitrogen and oxygen atoms in total. The maximum Gasteiger partial charge on any atom is 0.0675 e. The predicted octanol–water partition coefficient (Wildman–Crippen LogP) is 2.90. The lowest BCUT2D eigenvalue weighted by molar-refractivity contribution is 0.552. The summed E-state index contributed by atoms with van der Waals surface area (Å²) in [4.78, 5) is 9.14. The molecular weight excluding hydrogens is 172 g/mol. The van der Waals surface area contributed by atoms with E-state index in [0.29, 0.717) is 0 Å². The second-order valence-electron chi connectivity index (χ2n) is 4.61. The van der Waals surface area contributed by atoms with Crippen LogP contribution in [-0.2, 0) is 18.3 Å². The van der Waals surface area contributed by atoms with Gasteiger partial charge in [-0.15, -0.1) is 0 Å². The molecule has 0 bridgehead atoms. The second-order valence-corrected chi connectivity index (χ2v) is 4.61. The van der Waals surface area contributed by atoms with Crippen LogP contribution in [0.1, 0.15) is 51.7 Å². The first kappa shape index (κ1) is 11.2. The lowest BCUT2D eigenvalue weighted by Gasteiger charge is -2.20. The van der Waals surface area contributed by atoms with Crippen molar-refractivity contribution in [2.45, 2.75) is 52.9 Å². The molecule has 0 aliphatic carbocycles. The predicted molar refractivity (Wildman–Crippen MR) is 59.5 cm³/mol. The minimum atomic E-state index is 0.101. The van der Waals surface area contributed by atoms with Crippen LogP contribution in [0.2, 0.25) is 0 Å². The molecular formula is C12H20N2. The first-order valence-corrected chi connectivity index (χ1v) is 5.34. The lowest BCUT2D eigenvalue weighted by Crippen LogP contribution is -2.18. The van der Waals surface area contributed by atoms with Gasteiger partial charge in [0.15, 0.2) is 0 Å². The highest BCUT2D eigenvalue weighted by atomic mass is 14.8. The summed E-state index contributed by atoms with van der Waals surface area (Å²) in [6.45, 7) is 10.8. The van der Waals surface area contributed by atoms with E-state index in [0.717, 1.165) is 29.9 Å². The van der Waals surface area contributed by atoms with Gasteiger partial charge in [-0.2, -0.15) is 0 Å². The van der Waals surface area contributed by atoms with Crippen molar-refractivity contribution in [3.63, 3.8) is 0 Å². The van der Waals surface area contributed by atoms with Gasteiger partial charge in [-0.25, -0.2) is 0 Å². The topological polar surface area (TPSA) is 25.8 Å². The van der Waals surface area contributed by atoms with Gasteiger partial charge >= 0.3 is 0 Å². The normalized spacial score (nSPS) is 11.8. The highest BCUT2D eigenvalue weighted by molar-refractivity contribution is 5.21. The quantitative estimate of drug-likeness (QED) is 0.720. The molecule has 2 heteroatoms. The molecule has 0 saturated heterocycles. The van der Waals surface area contributed by atoms with Crippen LogP contribution >= 0.6 is 0 Å². The third kappa shape index (κ3) is 2.31. The molecule has 0 N–H and O–H groups in total. The van der Waals surface area contributed by atoms with Crippen LogP contribution in [0.5, 0.6) is 0 Å². The van der Waals surface area contributed by atoms with Gasteiger partial charge in [0.2, 0.25) is 0 Å². The van der Waals surface area contributed by atoms with Crippen LogP contribution in [0.3, 0.4) is 0 Å². The fourth-order valence-corrected chi connectivity index (χ4v) is 1.48. The molecule has 0 radical (unpaired) electrons. The summed E-state index contributed by atoms with van der Waals surface area (Å²) in [5.74, 6) is 0. The van der Waals surface area contributed by atoms with E-state index in [-0.39, 0.29) is 5.41 Å². The first-order chi connectivity index (χ1) is 6.49. The summed E-state index contributed by atoms with van der Waals surface area (Å²) in [7, 11) is 0. The van der Waals surface area contributed by atoms with Crippen LogP contribution in [0, 0.1) is 0 Å². The Labute approximate surface area is 86.8 Å². The number of rotatable bonds is 2. The van der Waals surface area contributed by atoms with Crippen molar-refractivity contribution >= 4 is 0 Å². The summed E-state index contributed by atoms with van der Waals surface area (Å²) in [6.07, 6.45) is 3.82. The Balaban J connectivity index is 3.22. The molecule has 1 aromatic rings. The Morgan fingerprint density at radius 1 is 1.14 bits per heavy atom. The van der Waals surface area contributed by atoms with E-state index < -0.39 is 0 Å². The minimum absolute atomic E-state index is 0.101. The van der Waals surface area contributed by atoms with Crippen LogP contribution in [0.4, 0.5) is 0 Å². The van der Waals surface area contributed by atoms with Gasteiger partial charge in [0.25, 0.3) is 0 Å². The third-order valence-corrected chi connectivity index (χ3v) is 2.31. The number of aromatic nitrogens is 2. The molecule has 14 heavy (non-hydrogen) atoms. The van der Waals surface area contributed by atoms with Gasteiger partial charge < -0.3 is 0 Å². The molecule has 0 aliphatic heterocycles. The van der Waals surface area contributed by atoms with Crippen molar-refractivity contribution in [1.29, 1.82) is 0 Å². The van der Waals surface area contributed by atoms with E-state index in [1.807, 2.05) is 6.20 Å². The summed E-state index contributed by atoms with van der Waals surface area (Å²) in [5.41, 5.74) is 3.48. The van der Waals surface area contributed by atoms with Gasteiger partial charge in [-0.05, 0) is 12.8 Å². The van der Waals surface area contributed by atoms with E-state index in [1.165, 1.54) is 0 Å². The standard InChI is InChI=1S/C12H20N2/c1-6-9-8-13-10(7-2)11(14-9)12(3,4)5/h8H,6-7H2,1-5H3. The Morgan fingerprint density at radius 3 is 2.21 bits per heavy atom. The average Bonchev–Trinajstić information content (AvgIpc) is 2.15. The van der Waals surface area contributed by atoms with Gasteiger partial charge in [0.1, 0.15) is 0 Å². The van der Waals surface area contributed by atoms with Crippen LogP contribution in [0.15, 0.2) is 6.20 Å². The van der Waals surface area contributed by atoms with Crippen molar-refractivity contribution < 1.29 is 0 Å². The fraction of sp³-hybridized carbons (Fsp3) is 0.667. The SMILES string of the molecule is CCc1cnc(CC)c(C(C)(C)C)n1. The van der Waals surface area contributed by atoms with E-state index in [9.17, 15) is 0 Å².